The van der Waals surface area contributed by atoms with Crippen molar-refractivity contribution < 1.29 is 19.0 Å². The van der Waals surface area contributed by atoms with E-state index in [4.69, 9.17) is 38.0 Å². The summed E-state index contributed by atoms with van der Waals surface area (Å²) in [5.41, 5.74) is 1.75. The molecule has 0 atom stereocenters. The molecule has 0 aromatic heterocycles. The van der Waals surface area contributed by atoms with Crippen molar-refractivity contribution in [3.8, 4) is 17.2 Å². The van der Waals surface area contributed by atoms with Gasteiger partial charge in [-0.25, -0.2) is 0 Å². The molecule has 0 spiro atoms. The summed E-state index contributed by atoms with van der Waals surface area (Å²) in [5, 5.41) is 6.03. The number of hydrogen-bond acceptors (Lipinski definition) is 5. The molecule has 0 fully saturated rings. The molecule has 2 aromatic rings. The number of ether oxygens (including phenoxy) is 3. The number of amides is 1. The van der Waals surface area contributed by atoms with Crippen LogP contribution in [-0.4, -0.2) is 32.3 Å². The summed E-state index contributed by atoms with van der Waals surface area (Å²) in [6.45, 7) is 1.86. The van der Waals surface area contributed by atoms with Crippen LogP contribution in [0.3, 0.4) is 0 Å². The quantitative estimate of drug-likeness (QED) is 0.752. The summed E-state index contributed by atoms with van der Waals surface area (Å²) in [6.07, 6.45) is 0. The number of nitrogens with one attached hydrogen (secondary N) is 2. The Morgan fingerprint density at radius 3 is 2.38 bits per heavy atom. The van der Waals surface area contributed by atoms with Gasteiger partial charge in [0.15, 0.2) is 5.11 Å². The van der Waals surface area contributed by atoms with E-state index in [1.807, 2.05) is 13.0 Å². The highest BCUT2D eigenvalue weighted by atomic mass is 35.5. The maximum Gasteiger partial charge on any atom is 0.261 e. The second-order valence-corrected chi connectivity index (χ2v) is 6.07. The third-order valence-electron chi connectivity index (χ3n) is 3.61. The van der Waals surface area contributed by atoms with E-state index in [1.165, 1.54) is 21.3 Å². The lowest BCUT2D eigenvalue weighted by molar-refractivity contribution is 0.0974. The van der Waals surface area contributed by atoms with E-state index in [0.717, 1.165) is 5.56 Å². The molecule has 0 radical (unpaired) electrons. The number of aryl methyl sites for hydroxylation is 1. The highest BCUT2D eigenvalue weighted by molar-refractivity contribution is 7.80. The van der Waals surface area contributed by atoms with Crippen LogP contribution in [0.15, 0.2) is 30.3 Å². The summed E-state index contributed by atoms with van der Waals surface area (Å²) >= 11 is 11.3. The molecule has 1 amide bonds. The second kappa shape index (κ2) is 8.73. The van der Waals surface area contributed by atoms with Crippen LogP contribution in [0.4, 0.5) is 5.69 Å². The first-order valence-corrected chi connectivity index (χ1v) is 8.37. The normalized spacial score (nSPS) is 10.0. The molecule has 2 aromatic carbocycles. The lowest BCUT2D eigenvalue weighted by Crippen LogP contribution is -2.34. The monoisotopic (exact) mass is 394 g/mol. The number of carbonyl (C=O) groups excluding carboxylic acids is 1. The van der Waals surface area contributed by atoms with Gasteiger partial charge in [0.05, 0.1) is 37.6 Å². The number of anilines is 1. The van der Waals surface area contributed by atoms with Crippen molar-refractivity contribution in [3.05, 3.63) is 46.5 Å². The topological polar surface area (TPSA) is 68.8 Å². The molecule has 0 bridgehead atoms. The van der Waals surface area contributed by atoms with Gasteiger partial charge in [-0.05, 0) is 30.8 Å². The smallest absolute Gasteiger partial charge is 0.261 e. The van der Waals surface area contributed by atoms with Gasteiger partial charge in [-0.2, -0.15) is 0 Å². The van der Waals surface area contributed by atoms with Crippen LogP contribution in [0.5, 0.6) is 17.2 Å². The van der Waals surface area contributed by atoms with Crippen molar-refractivity contribution in [2.24, 2.45) is 0 Å². The zero-order chi connectivity index (χ0) is 19.3. The number of methoxy groups -OCH3 is 3. The first-order chi connectivity index (χ1) is 12.4. The van der Waals surface area contributed by atoms with Gasteiger partial charge >= 0.3 is 0 Å². The fourth-order valence-corrected chi connectivity index (χ4v) is 2.82. The van der Waals surface area contributed by atoms with E-state index in [9.17, 15) is 4.79 Å². The van der Waals surface area contributed by atoms with Crippen LogP contribution in [-0.2, 0) is 0 Å². The summed E-state index contributed by atoms with van der Waals surface area (Å²) in [4.78, 5) is 12.5. The molecule has 0 aliphatic rings. The van der Waals surface area contributed by atoms with Gasteiger partial charge in [0.2, 0.25) is 0 Å². The van der Waals surface area contributed by atoms with Crippen LogP contribution >= 0.6 is 23.8 Å². The number of hydrogen-bond donors (Lipinski definition) is 2. The number of halogens is 1. The molecule has 0 aliphatic carbocycles. The van der Waals surface area contributed by atoms with Crippen LogP contribution in [0.1, 0.15) is 15.9 Å². The Bertz CT molecular complexity index is 842. The Morgan fingerprint density at radius 1 is 1.08 bits per heavy atom. The molecular formula is C18H19ClN2O4S. The zero-order valence-electron chi connectivity index (χ0n) is 14.8. The number of para-hydroxylation sites is 1. The molecule has 26 heavy (non-hydrogen) atoms. The van der Waals surface area contributed by atoms with Gasteiger partial charge in [0.25, 0.3) is 5.91 Å². The molecule has 0 saturated heterocycles. The van der Waals surface area contributed by atoms with E-state index >= 15 is 0 Å². The van der Waals surface area contributed by atoms with Crippen LogP contribution < -0.4 is 24.8 Å². The first-order valence-electron chi connectivity index (χ1n) is 7.58. The van der Waals surface area contributed by atoms with Gasteiger partial charge in [-0.3, -0.25) is 10.1 Å². The SMILES string of the molecule is COc1cc(NC(=S)NC(=O)c2cccc(C)c2OC)c(OC)cc1Cl. The van der Waals surface area contributed by atoms with Crippen molar-refractivity contribution in [2.75, 3.05) is 26.6 Å². The minimum Gasteiger partial charge on any atom is -0.496 e. The van der Waals surface area contributed by atoms with Crippen molar-refractivity contribution in [1.82, 2.24) is 5.32 Å². The summed E-state index contributed by atoms with van der Waals surface area (Å²) < 4.78 is 15.8. The maximum absolute atomic E-state index is 12.5. The van der Waals surface area contributed by atoms with Gasteiger partial charge < -0.3 is 19.5 Å². The first kappa shape index (κ1) is 19.8. The van der Waals surface area contributed by atoms with Crippen LogP contribution in [0.25, 0.3) is 0 Å². The van der Waals surface area contributed by atoms with Crippen LogP contribution in [0.2, 0.25) is 5.02 Å². The molecule has 0 unspecified atom stereocenters. The molecule has 0 aliphatic heterocycles. The lowest BCUT2D eigenvalue weighted by Gasteiger charge is -2.16. The van der Waals surface area contributed by atoms with Gasteiger partial charge in [-0.1, -0.05) is 23.7 Å². The van der Waals surface area contributed by atoms with Crippen molar-refractivity contribution >= 4 is 40.5 Å². The standard InChI is InChI=1S/C18H19ClN2O4S/c1-10-6-5-7-11(16(10)25-4)17(22)21-18(26)20-13-9-14(23-2)12(19)8-15(13)24-3/h5-9H,1-4H3,(H2,20,21,22,26). The largest absolute Gasteiger partial charge is 0.496 e. The third-order valence-corrected chi connectivity index (χ3v) is 4.11. The molecule has 2 rings (SSSR count). The number of rotatable bonds is 5. The Hall–Kier alpha value is -2.51. The summed E-state index contributed by atoms with van der Waals surface area (Å²) in [5.74, 6) is 1.02. The third kappa shape index (κ3) is 4.36. The second-order valence-electron chi connectivity index (χ2n) is 5.25. The Morgan fingerprint density at radius 2 is 1.77 bits per heavy atom. The van der Waals surface area contributed by atoms with Gasteiger partial charge in [0.1, 0.15) is 17.2 Å². The van der Waals surface area contributed by atoms with Gasteiger partial charge in [0, 0.05) is 12.1 Å². The highest BCUT2D eigenvalue weighted by Crippen LogP contribution is 2.35. The van der Waals surface area contributed by atoms with E-state index in [2.05, 4.69) is 10.6 Å². The molecule has 0 saturated carbocycles. The summed E-state index contributed by atoms with van der Waals surface area (Å²) in [7, 11) is 4.52. The average Bonchev–Trinajstić information content (AvgIpc) is 2.62. The average molecular weight is 395 g/mol. The van der Waals surface area contributed by atoms with Crippen molar-refractivity contribution in [2.45, 2.75) is 6.92 Å². The van der Waals surface area contributed by atoms with E-state index in [1.54, 1.807) is 24.3 Å². The fourth-order valence-electron chi connectivity index (χ4n) is 2.38. The molecular weight excluding hydrogens is 376 g/mol. The predicted octanol–water partition coefficient (Wildman–Crippen LogP) is 3.80. The Labute approximate surface area is 162 Å². The van der Waals surface area contributed by atoms with Gasteiger partial charge in [-0.15, -0.1) is 0 Å². The number of carbonyl (C=O) groups is 1. The van der Waals surface area contributed by atoms with Crippen molar-refractivity contribution in [1.29, 1.82) is 0 Å². The zero-order valence-corrected chi connectivity index (χ0v) is 16.4. The maximum atomic E-state index is 12.5. The highest BCUT2D eigenvalue weighted by Gasteiger charge is 2.16. The Kier molecular flexibility index (Phi) is 6.65. The lowest BCUT2D eigenvalue weighted by atomic mass is 10.1. The van der Waals surface area contributed by atoms with Crippen molar-refractivity contribution in [3.63, 3.8) is 0 Å². The molecule has 2 N–H and O–H groups in total. The minimum absolute atomic E-state index is 0.0984. The molecule has 8 heteroatoms. The molecule has 0 heterocycles. The Balaban J connectivity index is 2.19. The molecule has 138 valence electrons. The minimum atomic E-state index is -0.386. The summed E-state index contributed by atoms with van der Waals surface area (Å²) in [6, 6.07) is 8.52. The number of thiocarbonyl (C=S) groups is 1. The van der Waals surface area contributed by atoms with E-state index < -0.39 is 0 Å². The number of benzene rings is 2. The molecule has 6 nitrogen and oxygen atoms in total. The van der Waals surface area contributed by atoms with E-state index in [-0.39, 0.29) is 11.0 Å². The predicted molar refractivity (Wildman–Crippen MR) is 106 cm³/mol. The van der Waals surface area contributed by atoms with E-state index in [0.29, 0.717) is 33.5 Å². The fraction of sp³-hybridized carbons (Fsp3) is 0.222. The van der Waals surface area contributed by atoms with Crippen LogP contribution in [0, 0.1) is 6.92 Å².